The summed E-state index contributed by atoms with van der Waals surface area (Å²) in [5, 5.41) is 22.2. The number of nitrogens with zero attached hydrogens (tertiary/aromatic N) is 2. The van der Waals surface area contributed by atoms with Crippen molar-refractivity contribution in [2.24, 2.45) is 5.92 Å². The van der Waals surface area contributed by atoms with E-state index in [9.17, 15) is 5.11 Å². The maximum Gasteiger partial charge on any atom is 0.144 e. The van der Waals surface area contributed by atoms with Gasteiger partial charge in [-0.2, -0.15) is 5.26 Å². The van der Waals surface area contributed by atoms with E-state index in [4.69, 9.17) is 5.26 Å². The van der Waals surface area contributed by atoms with Gasteiger partial charge in [-0.25, -0.2) is 4.98 Å². The first-order chi connectivity index (χ1) is 9.19. The minimum Gasteiger partial charge on any atom is -0.394 e. The molecule has 2 rings (SSSR count). The van der Waals surface area contributed by atoms with Crippen LogP contribution in [0.5, 0.6) is 0 Å². The molecule has 1 aromatic rings. The number of pyridine rings is 1. The lowest BCUT2D eigenvalue weighted by Crippen LogP contribution is -2.50. The molecule has 1 aromatic heterocycles. The van der Waals surface area contributed by atoms with E-state index in [2.05, 4.69) is 23.3 Å². The van der Waals surface area contributed by atoms with Crippen molar-refractivity contribution in [1.29, 1.82) is 5.26 Å². The van der Waals surface area contributed by atoms with Crippen molar-refractivity contribution in [1.82, 2.24) is 10.3 Å². The Morgan fingerprint density at radius 1 is 1.53 bits per heavy atom. The van der Waals surface area contributed by atoms with Crippen LogP contribution in [0.15, 0.2) is 18.3 Å². The molecule has 1 aliphatic rings. The highest BCUT2D eigenvalue weighted by atomic mass is 16.3. The maximum absolute atomic E-state index is 9.69. The molecule has 0 amide bonds. The number of nitrogens with one attached hydrogen (secondary N) is 1. The molecular formula is C15H21N3O. The Balaban J connectivity index is 2.02. The first-order valence-electron chi connectivity index (χ1n) is 6.89. The Morgan fingerprint density at radius 2 is 2.26 bits per heavy atom. The van der Waals surface area contributed by atoms with Crippen LogP contribution in [-0.2, 0) is 6.54 Å². The molecule has 0 aliphatic heterocycles. The fraction of sp³-hybridized carbons (Fsp3) is 0.600. The Labute approximate surface area is 114 Å². The van der Waals surface area contributed by atoms with Crippen molar-refractivity contribution >= 4 is 0 Å². The number of hydrogen-bond acceptors (Lipinski definition) is 4. The fourth-order valence-corrected chi connectivity index (χ4v) is 2.67. The van der Waals surface area contributed by atoms with Gasteiger partial charge in [0.15, 0.2) is 0 Å². The van der Waals surface area contributed by atoms with Crippen LogP contribution in [0.2, 0.25) is 0 Å². The molecule has 0 atom stereocenters. The number of aliphatic hydroxyl groups is 1. The molecule has 0 spiro atoms. The average molecular weight is 259 g/mol. The van der Waals surface area contributed by atoms with Crippen LogP contribution in [0, 0.1) is 17.2 Å². The second kappa shape index (κ2) is 6.14. The zero-order chi connectivity index (χ0) is 13.7. The highest BCUT2D eigenvalue weighted by molar-refractivity contribution is 5.30. The predicted molar refractivity (Wildman–Crippen MR) is 73.2 cm³/mol. The molecule has 0 saturated heterocycles. The van der Waals surface area contributed by atoms with Crippen molar-refractivity contribution in [2.45, 2.75) is 44.7 Å². The summed E-state index contributed by atoms with van der Waals surface area (Å²) in [6.45, 7) is 3.00. The zero-order valence-corrected chi connectivity index (χ0v) is 11.4. The van der Waals surface area contributed by atoms with Gasteiger partial charge in [-0.1, -0.05) is 13.0 Å². The summed E-state index contributed by atoms with van der Waals surface area (Å²) in [6, 6.07) is 5.86. The van der Waals surface area contributed by atoms with Gasteiger partial charge < -0.3 is 10.4 Å². The lowest BCUT2D eigenvalue weighted by molar-refractivity contribution is 0.104. The average Bonchev–Trinajstić information content (AvgIpc) is 2.47. The Hall–Kier alpha value is -1.44. The van der Waals surface area contributed by atoms with Crippen LogP contribution in [0.25, 0.3) is 0 Å². The maximum atomic E-state index is 9.69. The van der Waals surface area contributed by atoms with E-state index in [1.165, 1.54) is 0 Å². The molecule has 0 aromatic carbocycles. The number of aliphatic hydroxyl groups excluding tert-OH is 1. The summed E-state index contributed by atoms with van der Waals surface area (Å²) in [7, 11) is 0. The summed E-state index contributed by atoms with van der Waals surface area (Å²) in [4.78, 5) is 4.06. The normalized spacial score (nSPS) is 26.9. The molecule has 19 heavy (non-hydrogen) atoms. The first-order valence-corrected chi connectivity index (χ1v) is 6.89. The molecule has 4 nitrogen and oxygen atoms in total. The molecule has 1 heterocycles. The number of aromatic nitrogens is 1. The van der Waals surface area contributed by atoms with E-state index < -0.39 is 0 Å². The summed E-state index contributed by atoms with van der Waals surface area (Å²) in [6.07, 6.45) is 5.91. The molecule has 2 N–H and O–H groups in total. The van der Waals surface area contributed by atoms with Crippen molar-refractivity contribution in [3.63, 3.8) is 0 Å². The van der Waals surface area contributed by atoms with Gasteiger partial charge in [-0.15, -0.1) is 0 Å². The van der Waals surface area contributed by atoms with E-state index in [-0.39, 0.29) is 12.1 Å². The van der Waals surface area contributed by atoms with Gasteiger partial charge in [0.2, 0.25) is 0 Å². The van der Waals surface area contributed by atoms with E-state index >= 15 is 0 Å². The number of hydrogen-bond donors (Lipinski definition) is 2. The van der Waals surface area contributed by atoms with E-state index in [0.717, 1.165) is 37.2 Å². The van der Waals surface area contributed by atoms with E-state index in [1.54, 1.807) is 6.20 Å². The third-order valence-electron chi connectivity index (χ3n) is 4.19. The first kappa shape index (κ1) is 14.0. The van der Waals surface area contributed by atoms with Crippen LogP contribution >= 0.6 is 0 Å². The highest BCUT2D eigenvalue weighted by Crippen LogP contribution is 2.31. The van der Waals surface area contributed by atoms with Crippen molar-refractivity contribution in [2.75, 3.05) is 6.61 Å². The Kier molecular flexibility index (Phi) is 4.52. The SMILES string of the molecule is CC1CCC(CO)(NCc2cccnc2C#N)CC1. The standard InChI is InChI=1S/C15H21N3O/c1-12-4-6-15(11-19,7-5-12)18-10-13-3-2-8-17-14(13)9-16/h2-3,8,12,18-19H,4-7,10-11H2,1H3. The van der Waals surface area contributed by atoms with Gasteiger partial charge in [0.25, 0.3) is 0 Å². The number of rotatable bonds is 4. The summed E-state index contributed by atoms with van der Waals surface area (Å²) in [5.41, 5.74) is 1.18. The van der Waals surface area contributed by atoms with Gasteiger partial charge in [0.05, 0.1) is 6.61 Å². The molecule has 1 saturated carbocycles. The summed E-state index contributed by atoms with van der Waals surface area (Å²) >= 11 is 0. The van der Waals surface area contributed by atoms with Gasteiger partial charge in [0, 0.05) is 23.8 Å². The monoisotopic (exact) mass is 259 g/mol. The topological polar surface area (TPSA) is 68.9 Å². The zero-order valence-electron chi connectivity index (χ0n) is 11.4. The largest absolute Gasteiger partial charge is 0.394 e. The molecule has 0 bridgehead atoms. The summed E-state index contributed by atoms with van der Waals surface area (Å²) in [5.74, 6) is 0.745. The van der Waals surface area contributed by atoms with E-state index in [1.807, 2.05) is 12.1 Å². The second-order valence-corrected chi connectivity index (χ2v) is 5.60. The van der Waals surface area contributed by atoms with Gasteiger partial charge >= 0.3 is 0 Å². The fourth-order valence-electron chi connectivity index (χ4n) is 2.67. The second-order valence-electron chi connectivity index (χ2n) is 5.60. The third kappa shape index (κ3) is 3.31. The number of nitriles is 1. The lowest BCUT2D eigenvalue weighted by atomic mass is 9.77. The smallest absolute Gasteiger partial charge is 0.144 e. The lowest BCUT2D eigenvalue weighted by Gasteiger charge is -2.39. The van der Waals surface area contributed by atoms with Crippen LogP contribution in [-0.4, -0.2) is 22.2 Å². The van der Waals surface area contributed by atoms with Crippen molar-refractivity contribution in [3.05, 3.63) is 29.6 Å². The van der Waals surface area contributed by atoms with Crippen LogP contribution < -0.4 is 5.32 Å². The third-order valence-corrected chi connectivity index (χ3v) is 4.19. The minimum absolute atomic E-state index is 0.155. The van der Waals surface area contributed by atoms with Gasteiger partial charge in [-0.3, -0.25) is 0 Å². The predicted octanol–water partition coefficient (Wildman–Crippen LogP) is 1.98. The molecule has 4 heteroatoms. The minimum atomic E-state index is -0.185. The molecule has 1 aliphatic carbocycles. The quantitative estimate of drug-likeness (QED) is 0.867. The van der Waals surface area contributed by atoms with Crippen LogP contribution in [0.4, 0.5) is 0 Å². The van der Waals surface area contributed by atoms with Crippen molar-refractivity contribution in [3.8, 4) is 6.07 Å². The molecule has 102 valence electrons. The Bertz CT molecular complexity index is 459. The van der Waals surface area contributed by atoms with Crippen LogP contribution in [0.3, 0.4) is 0 Å². The molecule has 0 unspecified atom stereocenters. The van der Waals surface area contributed by atoms with Crippen molar-refractivity contribution < 1.29 is 5.11 Å². The molecule has 0 radical (unpaired) electrons. The molecule has 1 fully saturated rings. The van der Waals surface area contributed by atoms with Gasteiger partial charge in [-0.05, 0) is 37.7 Å². The molecular weight excluding hydrogens is 238 g/mol. The highest BCUT2D eigenvalue weighted by Gasteiger charge is 2.33. The van der Waals surface area contributed by atoms with Gasteiger partial charge in [0.1, 0.15) is 11.8 Å². The van der Waals surface area contributed by atoms with Crippen LogP contribution in [0.1, 0.15) is 43.9 Å². The summed E-state index contributed by atoms with van der Waals surface area (Å²) < 4.78 is 0. The van der Waals surface area contributed by atoms with E-state index in [0.29, 0.717) is 12.2 Å². The Morgan fingerprint density at radius 3 is 2.89 bits per heavy atom.